The quantitative estimate of drug-likeness (QED) is 0.694. The molecular formula is C22H27ClN2. The summed E-state index contributed by atoms with van der Waals surface area (Å²) in [6, 6.07) is 19.1. The van der Waals surface area contributed by atoms with Gasteiger partial charge in [-0.05, 0) is 61.9 Å². The first-order valence-corrected chi connectivity index (χ1v) is 9.58. The summed E-state index contributed by atoms with van der Waals surface area (Å²) in [7, 11) is 2.19. The van der Waals surface area contributed by atoms with E-state index in [-0.39, 0.29) is 0 Å². The van der Waals surface area contributed by atoms with Crippen LogP contribution in [0.2, 0.25) is 5.02 Å². The van der Waals surface area contributed by atoms with E-state index in [0.717, 1.165) is 50.3 Å². The number of benzene rings is 2. The molecule has 2 aromatic rings. The molecule has 0 spiro atoms. The SMILES string of the molecule is CN1CCC(=NCC[C@H](Cc2ccccc2)c2ccc(Cl)cc2)CC1. The van der Waals surface area contributed by atoms with Gasteiger partial charge < -0.3 is 4.90 Å². The van der Waals surface area contributed by atoms with Crippen LogP contribution in [-0.2, 0) is 6.42 Å². The number of piperidine rings is 1. The highest BCUT2D eigenvalue weighted by Crippen LogP contribution is 2.26. The van der Waals surface area contributed by atoms with E-state index in [4.69, 9.17) is 16.6 Å². The molecule has 1 saturated heterocycles. The Labute approximate surface area is 156 Å². The van der Waals surface area contributed by atoms with Gasteiger partial charge in [-0.2, -0.15) is 0 Å². The molecule has 0 amide bonds. The number of likely N-dealkylation sites (tertiary alicyclic amines) is 1. The van der Waals surface area contributed by atoms with Gasteiger partial charge in [0, 0.05) is 30.4 Å². The first kappa shape index (κ1) is 18.2. The number of halogens is 1. The van der Waals surface area contributed by atoms with Crippen molar-refractivity contribution in [3.63, 3.8) is 0 Å². The normalized spacial score (nSPS) is 16.6. The van der Waals surface area contributed by atoms with E-state index >= 15 is 0 Å². The van der Waals surface area contributed by atoms with Gasteiger partial charge in [0.25, 0.3) is 0 Å². The highest BCUT2D eigenvalue weighted by molar-refractivity contribution is 6.30. The Bertz CT molecular complexity index is 669. The molecular weight excluding hydrogens is 328 g/mol. The fraction of sp³-hybridized carbons (Fsp3) is 0.409. The highest BCUT2D eigenvalue weighted by atomic mass is 35.5. The van der Waals surface area contributed by atoms with Crippen LogP contribution in [0, 0.1) is 0 Å². The van der Waals surface area contributed by atoms with Crippen molar-refractivity contribution in [2.24, 2.45) is 4.99 Å². The van der Waals surface area contributed by atoms with Crippen LogP contribution in [-0.4, -0.2) is 37.3 Å². The molecule has 1 heterocycles. The van der Waals surface area contributed by atoms with Crippen molar-refractivity contribution in [1.82, 2.24) is 4.90 Å². The van der Waals surface area contributed by atoms with Crippen LogP contribution in [0.4, 0.5) is 0 Å². The van der Waals surface area contributed by atoms with Gasteiger partial charge in [-0.3, -0.25) is 4.99 Å². The number of hydrogen-bond donors (Lipinski definition) is 0. The van der Waals surface area contributed by atoms with E-state index in [0.29, 0.717) is 5.92 Å². The van der Waals surface area contributed by atoms with E-state index in [9.17, 15) is 0 Å². The Morgan fingerprint density at radius 3 is 2.36 bits per heavy atom. The second-order valence-electron chi connectivity index (χ2n) is 6.98. The molecule has 1 fully saturated rings. The highest BCUT2D eigenvalue weighted by Gasteiger charge is 2.14. The van der Waals surface area contributed by atoms with Crippen molar-refractivity contribution in [3.8, 4) is 0 Å². The number of nitrogens with zero attached hydrogens (tertiary/aromatic N) is 2. The zero-order valence-electron chi connectivity index (χ0n) is 15.0. The lowest BCUT2D eigenvalue weighted by atomic mass is 9.89. The molecule has 0 radical (unpaired) electrons. The fourth-order valence-corrected chi connectivity index (χ4v) is 3.56. The molecule has 3 heteroatoms. The molecule has 1 atom stereocenters. The lowest BCUT2D eigenvalue weighted by Gasteiger charge is -2.23. The topological polar surface area (TPSA) is 15.6 Å². The summed E-state index contributed by atoms with van der Waals surface area (Å²) in [5, 5.41) is 0.800. The summed E-state index contributed by atoms with van der Waals surface area (Å²) in [5.74, 6) is 0.482. The third kappa shape index (κ3) is 5.69. The predicted molar refractivity (Wildman–Crippen MR) is 108 cm³/mol. The number of aliphatic imine (C=N–C) groups is 1. The zero-order valence-corrected chi connectivity index (χ0v) is 15.8. The Hall–Kier alpha value is -1.64. The first-order valence-electron chi connectivity index (χ1n) is 9.21. The van der Waals surface area contributed by atoms with E-state index in [2.05, 4.69) is 54.4 Å². The van der Waals surface area contributed by atoms with Crippen molar-refractivity contribution in [3.05, 3.63) is 70.7 Å². The van der Waals surface area contributed by atoms with Gasteiger partial charge in [-0.15, -0.1) is 0 Å². The van der Waals surface area contributed by atoms with E-state index in [1.165, 1.54) is 16.8 Å². The van der Waals surface area contributed by atoms with Crippen LogP contribution in [0.25, 0.3) is 0 Å². The molecule has 2 nitrogen and oxygen atoms in total. The molecule has 3 rings (SSSR count). The van der Waals surface area contributed by atoms with Crippen LogP contribution in [0.15, 0.2) is 59.6 Å². The lowest BCUT2D eigenvalue weighted by molar-refractivity contribution is 0.335. The summed E-state index contributed by atoms with van der Waals surface area (Å²) < 4.78 is 0. The standard InChI is InChI=1S/C22H27ClN2/c1-25-15-12-22(13-16-25)24-14-11-20(17-18-5-3-2-4-6-18)19-7-9-21(23)10-8-19/h2-10,20H,11-17H2,1H3/t20-/m1/s1. The van der Waals surface area contributed by atoms with Crippen molar-refractivity contribution in [2.75, 3.05) is 26.7 Å². The molecule has 0 saturated carbocycles. The van der Waals surface area contributed by atoms with E-state index in [1.807, 2.05) is 12.1 Å². The van der Waals surface area contributed by atoms with Gasteiger partial charge in [0.05, 0.1) is 0 Å². The molecule has 1 aliphatic heterocycles. The van der Waals surface area contributed by atoms with Crippen molar-refractivity contribution in [1.29, 1.82) is 0 Å². The van der Waals surface area contributed by atoms with Gasteiger partial charge in [0.2, 0.25) is 0 Å². The minimum Gasteiger partial charge on any atom is -0.306 e. The van der Waals surface area contributed by atoms with E-state index < -0.39 is 0 Å². The Morgan fingerprint density at radius 2 is 1.68 bits per heavy atom. The molecule has 25 heavy (non-hydrogen) atoms. The van der Waals surface area contributed by atoms with E-state index in [1.54, 1.807) is 0 Å². The average molecular weight is 355 g/mol. The summed E-state index contributed by atoms with van der Waals surface area (Å²) in [4.78, 5) is 7.29. The van der Waals surface area contributed by atoms with Gasteiger partial charge in [0.15, 0.2) is 0 Å². The first-order chi connectivity index (χ1) is 12.2. The summed E-state index contributed by atoms with van der Waals surface area (Å²) >= 11 is 6.07. The third-order valence-electron chi connectivity index (χ3n) is 5.04. The third-order valence-corrected chi connectivity index (χ3v) is 5.30. The summed E-state index contributed by atoms with van der Waals surface area (Å²) in [6.45, 7) is 3.20. The fourth-order valence-electron chi connectivity index (χ4n) is 3.43. The van der Waals surface area contributed by atoms with Crippen LogP contribution in [0.3, 0.4) is 0 Å². The second kappa shape index (κ2) is 9.17. The number of hydrogen-bond acceptors (Lipinski definition) is 2. The molecule has 2 aromatic carbocycles. The molecule has 0 aromatic heterocycles. The van der Waals surface area contributed by atoms with Crippen LogP contribution in [0.5, 0.6) is 0 Å². The lowest BCUT2D eigenvalue weighted by Crippen LogP contribution is -2.30. The van der Waals surface area contributed by atoms with Crippen molar-refractivity contribution < 1.29 is 0 Å². The zero-order chi connectivity index (χ0) is 17.5. The van der Waals surface area contributed by atoms with Crippen LogP contribution in [0.1, 0.15) is 36.3 Å². The monoisotopic (exact) mass is 354 g/mol. The van der Waals surface area contributed by atoms with Crippen LogP contribution < -0.4 is 0 Å². The molecule has 0 unspecified atom stereocenters. The Morgan fingerprint density at radius 1 is 1.00 bits per heavy atom. The van der Waals surface area contributed by atoms with Crippen molar-refractivity contribution >= 4 is 17.3 Å². The molecule has 1 aliphatic rings. The maximum atomic E-state index is 6.07. The molecule has 0 N–H and O–H groups in total. The largest absolute Gasteiger partial charge is 0.306 e. The number of rotatable bonds is 6. The molecule has 132 valence electrons. The van der Waals surface area contributed by atoms with Crippen molar-refractivity contribution in [2.45, 2.75) is 31.6 Å². The van der Waals surface area contributed by atoms with Gasteiger partial charge in [0.1, 0.15) is 0 Å². The van der Waals surface area contributed by atoms with Gasteiger partial charge in [-0.25, -0.2) is 0 Å². The van der Waals surface area contributed by atoms with Gasteiger partial charge >= 0.3 is 0 Å². The smallest absolute Gasteiger partial charge is 0.0406 e. The molecule has 0 aliphatic carbocycles. The maximum absolute atomic E-state index is 6.07. The average Bonchev–Trinajstić information content (AvgIpc) is 2.64. The van der Waals surface area contributed by atoms with Gasteiger partial charge in [-0.1, -0.05) is 54.1 Å². The minimum atomic E-state index is 0.482. The summed E-state index contributed by atoms with van der Waals surface area (Å²) in [5.41, 5.74) is 4.14. The Balaban J connectivity index is 1.65. The molecule has 0 bridgehead atoms. The second-order valence-corrected chi connectivity index (χ2v) is 7.41. The Kier molecular flexibility index (Phi) is 6.66. The predicted octanol–water partition coefficient (Wildman–Crippen LogP) is 5.22. The summed E-state index contributed by atoms with van der Waals surface area (Å²) in [6.07, 6.45) is 4.38. The minimum absolute atomic E-state index is 0.482. The van der Waals surface area contributed by atoms with Crippen LogP contribution >= 0.6 is 11.6 Å². The maximum Gasteiger partial charge on any atom is 0.0406 e.